The van der Waals surface area contributed by atoms with Crippen molar-refractivity contribution in [3.63, 3.8) is 0 Å². The van der Waals surface area contributed by atoms with E-state index >= 15 is 0 Å². The summed E-state index contributed by atoms with van der Waals surface area (Å²) in [7, 11) is 1.28. The maximum absolute atomic E-state index is 13.2. The van der Waals surface area contributed by atoms with Crippen LogP contribution in [0.25, 0.3) is 11.1 Å². The van der Waals surface area contributed by atoms with Gasteiger partial charge in [0.2, 0.25) is 0 Å². The van der Waals surface area contributed by atoms with Crippen LogP contribution in [-0.2, 0) is 6.18 Å². The van der Waals surface area contributed by atoms with Gasteiger partial charge in [-0.1, -0.05) is 40.9 Å². The van der Waals surface area contributed by atoms with Gasteiger partial charge in [0.05, 0.1) is 27.7 Å². The van der Waals surface area contributed by atoms with Gasteiger partial charge in [-0.15, -0.1) is 0 Å². The van der Waals surface area contributed by atoms with Crippen molar-refractivity contribution in [1.29, 1.82) is 0 Å². The average Bonchev–Trinajstić information content (AvgIpc) is 2.41. The van der Waals surface area contributed by atoms with E-state index in [0.29, 0.717) is 0 Å². The van der Waals surface area contributed by atoms with Gasteiger partial charge < -0.3 is 4.74 Å². The third-order valence-corrected chi connectivity index (χ3v) is 3.87. The summed E-state index contributed by atoms with van der Waals surface area (Å²) in [4.78, 5) is 0. The Morgan fingerprint density at radius 2 is 1.57 bits per heavy atom. The predicted molar refractivity (Wildman–Crippen MR) is 78.5 cm³/mol. The zero-order valence-electron chi connectivity index (χ0n) is 10.6. The highest BCUT2D eigenvalue weighted by Gasteiger charge is 2.35. The topological polar surface area (TPSA) is 9.23 Å². The van der Waals surface area contributed by atoms with Gasteiger partial charge in [-0.05, 0) is 24.3 Å². The van der Waals surface area contributed by atoms with Crippen LogP contribution in [0, 0.1) is 0 Å². The fraction of sp³-hybridized carbons (Fsp3) is 0.143. The Morgan fingerprint density at radius 1 is 0.952 bits per heavy atom. The first-order valence-electron chi connectivity index (χ1n) is 5.64. The van der Waals surface area contributed by atoms with Crippen LogP contribution in [-0.4, -0.2) is 7.11 Å². The second-order valence-electron chi connectivity index (χ2n) is 4.13. The summed E-state index contributed by atoms with van der Waals surface area (Å²) in [5.41, 5.74) is -0.922. The Labute approximate surface area is 134 Å². The minimum atomic E-state index is -4.56. The summed E-state index contributed by atoms with van der Waals surface area (Å²) < 4.78 is 44.6. The van der Waals surface area contributed by atoms with Crippen LogP contribution in [0.1, 0.15) is 5.56 Å². The van der Waals surface area contributed by atoms with Crippen LogP contribution in [0.5, 0.6) is 5.75 Å². The Balaban J connectivity index is 2.82. The second kappa shape index (κ2) is 5.95. The number of alkyl halides is 3. The summed E-state index contributed by atoms with van der Waals surface area (Å²) in [6, 6.07) is 6.23. The van der Waals surface area contributed by atoms with Crippen LogP contribution in [0.15, 0.2) is 30.3 Å². The van der Waals surface area contributed by atoms with E-state index in [1.54, 1.807) is 0 Å². The SMILES string of the molecule is COc1cccc(C(F)(F)F)c1-c1cc(Cl)c(Cl)cc1Cl. The molecule has 1 nitrogen and oxygen atoms in total. The van der Waals surface area contributed by atoms with Gasteiger partial charge in [0, 0.05) is 11.1 Å². The standard InChI is InChI=1S/C14H8Cl3F3O/c1-21-12-4-2-3-8(14(18,19)20)13(12)7-5-10(16)11(17)6-9(7)15/h2-6H,1H3. The zero-order valence-corrected chi connectivity index (χ0v) is 12.8. The maximum Gasteiger partial charge on any atom is 0.417 e. The molecule has 2 aromatic rings. The number of rotatable bonds is 2. The first kappa shape index (κ1) is 16.3. The molecule has 0 aliphatic rings. The number of benzene rings is 2. The highest BCUT2D eigenvalue weighted by molar-refractivity contribution is 6.44. The molecule has 0 aliphatic carbocycles. The lowest BCUT2D eigenvalue weighted by Gasteiger charge is -2.17. The van der Waals surface area contributed by atoms with Gasteiger partial charge in [-0.2, -0.15) is 13.2 Å². The molecule has 0 fully saturated rings. The zero-order chi connectivity index (χ0) is 15.8. The van der Waals surface area contributed by atoms with Crippen molar-refractivity contribution in [3.8, 4) is 16.9 Å². The second-order valence-corrected chi connectivity index (χ2v) is 5.35. The molecule has 0 spiro atoms. The molecule has 112 valence electrons. The Kier molecular flexibility index (Phi) is 4.61. The Morgan fingerprint density at radius 3 is 2.14 bits per heavy atom. The molecule has 0 aromatic heterocycles. The van der Waals surface area contributed by atoms with E-state index in [-0.39, 0.29) is 31.9 Å². The minimum Gasteiger partial charge on any atom is -0.496 e. The summed E-state index contributed by atoms with van der Waals surface area (Å²) in [6.07, 6.45) is -4.56. The molecule has 0 radical (unpaired) electrons. The van der Waals surface area contributed by atoms with Gasteiger partial charge in [0.25, 0.3) is 0 Å². The molecular formula is C14H8Cl3F3O. The number of ether oxygens (including phenoxy) is 1. The van der Waals surface area contributed by atoms with Crippen LogP contribution < -0.4 is 4.74 Å². The van der Waals surface area contributed by atoms with Crippen molar-refractivity contribution in [2.45, 2.75) is 6.18 Å². The normalized spacial score (nSPS) is 11.6. The molecule has 0 aliphatic heterocycles. The minimum absolute atomic E-state index is 0.0464. The van der Waals surface area contributed by atoms with Crippen molar-refractivity contribution < 1.29 is 17.9 Å². The van der Waals surface area contributed by atoms with Crippen molar-refractivity contribution in [2.24, 2.45) is 0 Å². The Bertz CT molecular complexity index is 684. The molecule has 7 heteroatoms. The lowest BCUT2D eigenvalue weighted by Crippen LogP contribution is -2.08. The summed E-state index contributed by atoms with van der Waals surface area (Å²) >= 11 is 17.7. The van der Waals surface area contributed by atoms with E-state index in [1.165, 1.54) is 31.4 Å². The highest BCUT2D eigenvalue weighted by atomic mass is 35.5. The quantitative estimate of drug-likeness (QED) is 0.571. The van der Waals surface area contributed by atoms with Crippen molar-refractivity contribution in [2.75, 3.05) is 7.11 Å². The van der Waals surface area contributed by atoms with E-state index in [4.69, 9.17) is 39.5 Å². The fourth-order valence-electron chi connectivity index (χ4n) is 1.93. The van der Waals surface area contributed by atoms with Gasteiger partial charge in [0.1, 0.15) is 5.75 Å². The summed E-state index contributed by atoms with van der Waals surface area (Å²) in [5, 5.41) is 0.323. The van der Waals surface area contributed by atoms with Crippen LogP contribution in [0.3, 0.4) is 0 Å². The van der Waals surface area contributed by atoms with Crippen LogP contribution in [0.2, 0.25) is 15.1 Å². The van der Waals surface area contributed by atoms with E-state index in [9.17, 15) is 13.2 Å². The molecular weight excluding hydrogens is 348 g/mol. The van der Waals surface area contributed by atoms with Crippen LogP contribution in [0.4, 0.5) is 13.2 Å². The van der Waals surface area contributed by atoms with Crippen LogP contribution >= 0.6 is 34.8 Å². The molecule has 0 heterocycles. The molecule has 0 saturated carbocycles. The highest BCUT2D eigenvalue weighted by Crippen LogP contribution is 2.45. The van der Waals surface area contributed by atoms with Crippen molar-refractivity contribution in [1.82, 2.24) is 0 Å². The number of halogens is 6. The number of hydrogen-bond donors (Lipinski definition) is 0. The predicted octanol–water partition coefficient (Wildman–Crippen LogP) is 6.34. The van der Waals surface area contributed by atoms with E-state index < -0.39 is 11.7 Å². The molecule has 0 bridgehead atoms. The average molecular weight is 356 g/mol. The van der Waals surface area contributed by atoms with Crippen molar-refractivity contribution >= 4 is 34.8 Å². The smallest absolute Gasteiger partial charge is 0.417 e. The van der Waals surface area contributed by atoms with Crippen molar-refractivity contribution in [3.05, 3.63) is 51.0 Å². The monoisotopic (exact) mass is 354 g/mol. The lowest BCUT2D eigenvalue weighted by atomic mass is 9.98. The van der Waals surface area contributed by atoms with Gasteiger partial charge in [-0.25, -0.2) is 0 Å². The molecule has 2 rings (SSSR count). The maximum atomic E-state index is 13.2. The number of methoxy groups -OCH3 is 1. The number of hydrogen-bond acceptors (Lipinski definition) is 1. The van der Waals surface area contributed by atoms with E-state index in [1.807, 2.05) is 0 Å². The largest absolute Gasteiger partial charge is 0.496 e. The molecule has 0 atom stereocenters. The van der Waals surface area contributed by atoms with Gasteiger partial charge >= 0.3 is 6.18 Å². The van der Waals surface area contributed by atoms with E-state index in [2.05, 4.69) is 0 Å². The first-order valence-corrected chi connectivity index (χ1v) is 6.78. The Hall–Kier alpha value is -1.10. The molecule has 2 aromatic carbocycles. The fourth-order valence-corrected chi connectivity index (χ4v) is 2.57. The third-order valence-electron chi connectivity index (χ3n) is 2.83. The third kappa shape index (κ3) is 3.23. The molecule has 0 N–H and O–H groups in total. The molecule has 0 saturated heterocycles. The summed E-state index contributed by atoms with van der Waals surface area (Å²) in [6.45, 7) is 0. The van der Waals surface area contributed by atoms with Gasteiger partial charge in [-0.3, -0.25) is 0 Å². The van der Waals surface area contributed by atoms with Gasteiger partial charge in [0.15, 0.2) is 0 Å². The molecule has 0 amide bonds. The lowest BCUT2D eigenvalue weighted by molar-refractivity contribution is -0.137. The molecule has 21 heavy (non-hydrogen) atoms. The summed E-state index contributed by atoms with van der Waals surface area (Å²) in [5.74, 6) is 0.0464. The first-order chi connectivity index (χ1) is 9.75. The van der Waals surface area contributed by atoms with E-state index in [0.717, 1.165) is 6.07 Å². The molecule has 0 unspecified atom stereocenters.